The van der Waals surface area contributed by atoms with Gasteiger partial charge in [0.2, 0.25) is 5.91 Å². The highest BCUT2D eigenvalue weighted by molar-refractivity contribution is 5.79. The van der Waals surface area contributed by atoms with Gasteiger partial charge in [0.25, 0.3) is 0 Å². The molecule has 0 fully saturated rings. The molecule has 1 unspecified atom stereocenters. The first-order chi connectivity index (χ1) is 12.2. The van der Waals surface area contributed by atoms with Gasteiger partial charge in [0.05, 0.1) is 6.54 Å². The molecule has 2 aromatic rings. The summed E-state index contributed by atoms with van der Waals surface area (Å²) >= 11 is 0. The first kappa shape index (κ1) is 20.1. The Hall–Kier alpha value is -2.20. The Morgan fingerprint density at radius 2 is 1.73 bits per heavy atom. The third kappa shape index (κ3) is 5.40. The number of amides is 1. The SMILES string of the molecule is CC(c1ccccc1)N(C)CC(=O)N(Cc1cccc(F)c1)C(C)(C)C. The number of benzene rings is 2. The summed E-state index contributed by atoms with van der Waals surface area (Å²) < 4.78 is 13.5. The van der Waals surface area contributed by atoms with Gasteiger partial charge in [-0.3, -0.25) is 9.69 Å². The van der Waals surface area contributed by atoms with Gasteiger partial charge in [-0.25, -0.2) is 4.39 Å². The molecular weight excluding hydrogens is 327 g/mol. The molecule has 2 rings (SSSR count). The van der Waals surface area contributed by atoms with E-state index in [1.165, 1.54) is 17.7 Å². The molecule has 0 radical (unpaired) electrons. The molecule has 0 aliphatic carbocycles. The molecule has 0 N–H and O–H groups in total. The third-order valence-corrected chi connectivity index (χ3v) is 4.67. The Kier molecular flexibility index (Phi) is 6.54. The predicted octanol–water partition coefficient (Wildman–Crippen LogP) is 4.65. The fraction of sp³-hybridized carbons (Fsp3) is 0.409. The molecule has 0 aromatic heterocycles. The van der Waals surface area contributed by atoms with E-state index < -0.39 is 0 Å². The van der Waals surface area contributed by atoms with Gasteiger partial charge in [-0.1, -0.05) is 42.5 Å². The van der Waals surface area contributed by atoms with E-state index in [-0.39, 0.29) is 23.3 Å². The average molecular weight is 356 g/mol. The molecule has 2 aromatic carbocycles. The minimum atomic E-state index is -0.347. The van der Waals surface area contributed by atoms with Gasteiger partial charge < -0.3 is 4.90 Å². The third-order valence-electron chi connectivity index (χ3n) is 4.67. The first-order valence-electron chi connectivity index (χ1n) is 8.98. The molecule has 3 nitrogen and oxygen atoms in total. The summed E-state index contributed by atoms with van der Waals surface area (Å²) in [4.78, 5) is 16.9. The van der Waals surface area contributed by atoms with Crippen molar-refractivity contribution in [1.29, 1.82) is 0 Å². The maximum Gasteiger partial charge on any atom is 0.237 e. The largest absolute Gasteiger partial charge is 0.332 e. The molecule has 0 aliphatic heterocycles. The van der Waals surface area contributed by atoms with Gasteiger partial charge in [-0.05, 0) is 58.0 Å². The predicted molar refractivity (Wildman–Crippen MR) is 104 cm³/mol. The minimum Gasteiger partial charge on any atom is -0.332 e. The number of nitrogens with zero attached hydrogens (tertiary/aromatic N) is 2. The first-order valence-corrected chi connectivity index (χ1v) is 8.98. The second-order valence-electron chi connectivity index (χ2n) is 7.78. The van der Waals surface area contributed by atoms with Gasteiger partial charge in [0, 0.05) is 18.1 Å². The van der Waals surface area contributed by atoms with Crippen molar-refractivity contribution in [3.63, 3.8) is 0 Å². The smallest absolute Gasteiger partial charge is 0.237 e. The highest BCUT2D eigenvalue weighted by Crippen LogP contribution is 2.21. The van der Waals surface area contributed by atoms with Crippen LogP contribution >= 0.6 is 0 Å². The van der Waals surface area contributed by atoms with E-state index in [1.54, 1.807) is 6.07 Å². The van der Waals surface area contributed by atoms with Crippen LogP contribution in [0, 0.1) is 5.82 Å². The summed E-state index contributed by atoms with van der Waals surface area (Å²) in [6.45, 7) is 8.81. The number of carbonyl (C=O) groups excluding carboxylic acids is 1. The fourth-order valence-electron chi connectivity index (χ4n) is 2.94. The fourth-order valence-corrected chi connectivity index (χ4v) is 2.94. The molecule has 0 saturated carbocycles. The second-order valence-corrected chi connectivity index (χ2v) is 7.78. The topological polar surface area (TPSA) is 23.6 Å². The maximum atomic E-state index is 13.5. The molecule has 0 spiro atoms. The van der Waals surface area contributed by atoms with E-state index in [0.29, 0.717) is 13.1 Å². The van der Waals surface area contributed by atoms with Crippen LogP contribution in [0.15, 0.2) is 54.6 Å². The molecule has 0 aliphatic rings. The standard InChI is InChI=1S/C22H29FN2O/c1-17(19-11-7-6-8-12-19)24(5)16-21(26)25(22(2,3)4)15-18-10-9-13-20(23)14-18/h6-14,17H,15-16H2,1-5H3. The highest BCUT2D eigenvalue weighted by atomic mass is 19.1. The van der Waals surface area contributed by atoms with Gasteiger partial charge >= 0.3 is 0 Å². The molecule has 0 bridgehead atoms. The zero-order valence-electron chi connectivity index (χ0n) is 16.4. The van der Waals surface area contributed by atoms with Gasteiger partial charge in [-0.15, -0.1) is 0 Å². The molecule has 0 heterocycles. The van der Waals surface area contributed by atoms with E-state index in [9.17, 15) is 9.18 Å². The summed E-state index contributed by atoms with van der Waals surface area (Å²) in [5.74, 6) is -0.245. The summed E-state index contributed by atoms with van der Waals surface area (Å²) in [5, 5.41) is 0. The van der Waals surface area contributed by atoms with Gasteiger partial charge in [0.15, 0.2) is 0 Å². The van der Waals surface area contributed by atoms with Gasteiger partial charge in [-0.2, -0.15) is 0 Å². The lowest BCUT2D eigenvalue weighted by molar-refractivity contribution is -0.138. The number of hydrogen-bond donors (Lipinski definition) is 0. The molecular formula is C22H29FN2O. The number of likely N-dealkylation sites (N-methyl/N-ethyl adjacent to an activating group) is 1. The number of hydrogen-bond acceptors (Lipinski definition) is 2. The Morgan fingerprint density at radius 3 is 2.31 bits per heavy atom. The monoisotopic (exact) mass is 356 g/mol. The van der Waals surface area contributed by atoms with Crippen molar-refractivity contribution in [1.82, 2.24) is 9.80 Å². The van der Waals surface area contributed by atoms with Crippen molar-refractivity contribution in [3.05, 3.63) is 71.5 Å². The zero-order chi connectivity index (χ0) is 19.3. The average Bonchev–Trinajstić information content (AvgIpc) is 2.58. The summed E-state index contributed by atoms with van der Waals surface area (Å²) in [6, 6.07) is 16.7. The second kappa shape index (κ2) is 8.45. The molecule has 140 valence electrons. The quantitative estimate of drug-likeness (QED) is 0.752. The molecule has 4 heteroatoms. The van der Waals surface area contributed by atoms with E-state index in [2.05, 4.69) is 19.1 Å². The lowest BCUT2D eigenvalue weighted by atomic mass is 10.0. The van der Waals surface area contributed by atoms with Crippen LogP contribution in [0.2, 0.25) is 0 Å². The molecule has 1 atom stereocenters. The van der Waals surface area contributed by atoms with E-state index in [0.717, 1.165) is 5.56 Å². The summed E-state index contributed by atoms with van der Waals surface area (Å²) in [5.41, 5.74) is 1.63. The Balaban J connectivity index is 2.11. The van der Waals surface area contributed by atoms with Crippen LogP contribution in [0.1, 0.15) is 44.9 Å². The van der Waals surface area contributed by atoms with E-state index in [4.69, 9.17) is 0 Å². The normalized spacial score (nSPS) is 12.9. The zero-order valence-corrected chi connectivity index (χ0v) is 16.4. The lowest BCUT2D eigenvalue weighted by Gasteiger charge is -2.37. The Morgan fingerprint density at radius 1 is 1.08 bits per heavy atom. The van der Waals surface area contributed by atoms with Crippen molar-refractivity contribution >= 4 is 5.91 Å². The van der Waals surface area contributed by atoms with Crippen molar-refractivity contribution < 1.29 is 9.18 Å². The van der Waals surface area contributed by atoms with Gasteiger partial charge in [0.1, 0.15) is 5.82 Å². The van der Waals surface area contributed by atoms with E-state index in [1.807, 2.05) is 61.9 Å². The van der Waals surface area contributed by atoms with Crippen LogP contribution in [-0.2, 0) is 11.3 Å². The van der Waals surface area contributed by atoms with Crippen LogP contribution in [0.25, 0.3) is 0 Å². The number of halogens is 1. The van der Waals surface area contributed by atoms with Crippen LogP contribution in [-0.4, -0.2) is 34.8 Å². The van der Waals surface area contributed by atoms with Crippen LogP contribution in [0.5, 0.6) is 0 Å². The van der Waals surface area contributed by atoms with Crippen molar-refractivity contribution in [2.45, 2.75) is 45.8 Å². The van der Waals surface area contributed by atoms with Crippen LogP contribution in [0.3, 0.4) is 0 Å². The molecule has 0 saturated heterocycles. The van der Waals surface area contributed by atoms with E-state index >= 15 is 0 Å². The number of rotatable bonds is 6. The molecule has 26 heavy (non-hydrogen) atoms. The Labute approximate surface area is 156 Å². The van der Waals surface area contributed by atoms with Crippen LogP contribution < -0.4 is 0 Å². The summed E-state index contributed by atoms with van der Waals surface area (Å²) in [7, 11) is 1.96. The maximum absolute atomic E-state index is 13.5. The van der Waals surface area contributed by atoms with Crippen molar-refractivity contribution in [2.75, 3.05) is 13.6 Å². The van der Waals surface area contributed by atoms with Crippen molar-refractivity contribution in [2.24, 2.45) is 0 Å². The highest BCUT2D eigenvalue weighted by Gasteiger charge is 2.28. The Bertz CT molecular complexity index is 724. The molecule has 1 amide bonds. The van der Waals surface area contributed by atoms with Crippen LogP contribution in [0.4, 0.5) is 4.39 Å². The minimum absolute atomic E-state index is 0.0343. The lowest BCUT2D eigenvalue weighted by Crippen LogP contribution is -2.48. The summed E-state index contributed by atoms with van der Waals surface area (Å²) in [6.07, 6.45) is 0. The van der Waals surface area contributed by atoms with Crippen molar-refractivity contribution in [3.8, 4) is 0 Å². The number of carbonyl (C=O) groups is 1.